The molecule has 92 valence electrons. The number of aliphatic hydroxyl groups excluding tert-OH is 1. The smallest absolute Gasteiger partial charge is 0.0794 e. The van der Waals surface area contributed by atoms with Crippen molar-refractivity contribution < 1.29 is 5.11 Å². The Balaban J connectivity index is 2.24. The van der Waals surface area contributed by atoms with Crippen molar-refractivity contribution in [1.29, 1.82) is 0 Å². The number of hydrogen-bond acceptors (Lipinski definition) is 4. The zero-order valence-corrected chi connectivity index (χ0v) is 10.9. The van der Waals surface area contributed by atoms with E-state index in [1.54, 1.807) is 11.3 Å². The molecule has 1 N–H and O–H groups in total. The van der Waals surface area contributed by atoms with E-state index < -0.39 is 0 Å². The first-order chi connectivity index (χ1) is 7.86. The van der Waals surface area contributed by atoms with E-state index in [-0.39, 0.29) is 6.61 Å². The van der Waals surface area contributed by atoms with E-state index in [1.807, 2.05) is 11.7 Å². The maximum Gasteiger partial charge on any atom is 0.0794 e. The number of rotatable bonds is 9. The van der Waals surface area contributed by atoms with Crippen molar-refractivity contribution in [2.24, 2.45) is 0 Å². The Morgan fingerprint density at radius 3 is 2.81 bits per heavy atom. The molecule has 1 heterocycles. The van der Waals surface area contributed by atoms with Crippen LogP contribution in [0.2, 0.25) is 0 Å². The third-order valence-corrected chi connectivity index (χ3v) is 3.37. The van der Waals surface area contributed by atoms with Crippen LogP contribution in [0.15, 0.2) is 11.7 Å². The minimum absolute atomic E-state index is 0.243. The number of hydrogen-bond donors (Lipinski definition) is 1. The normalized spacial score (nSPS) is 11.2. The largest absolute Gasteiger partial charge is 0.395 e. The summed E-state index contributed by atoms with van der Waals surface area (Å²) in [4.78, 5) is 7.66. The highest BCUT2D eigenvalue weighted by Crippen LogP contribution is 2.10. The van der Waals surface area contributed by atoms with Crippen LogP contribution in [-0.4, -0.2) is 34.7 Å². The molecule has 0 aliphatic rings. The van der Waals surface area contributed by atoms with Crippen LogP contribution in [0.4, 0.5) is 0 Å². The number of aliphatic hydroxyl groups is 1. The molecular weight excluding hydrogens is 220 g/mol. The SMILES string of the molecule is CCCCCCN(CCO)Cc1cncs1. The zero-order chi connectivity index (χ0) is 11.6. The Kier molecular flexibility index (Phi) is 7.38. The van der Waals surface area contributed by atoms with Crippen molar-refractivity contribution in [3.05, 3.63) is 16.6 Å². The van der Waals surface area contributed by atoms with Gasteiger partial charge in [-0.2, -0.15) is 0 Å². The number of unbranched alkanes of at least 4 members (excludes halogenated alkanes) is 3. The topological polar surface area (TPSA) is 36.4 Å². The van der Waals surface area contributed by atoms with Crippen molar-refractivity contribution in [2.75, 3.05) is 19.7 Å². The molecule has 0 bridgehead atoms. The maximum atomic E-state index is 9.01. The van der Waals surface area contributed by atoms with E-state index >= 15 is 0 Å². The molecule has 0 saturated heterocycles. The van der Waals surface area contributed by atoms with E-state index in [1.165, 1.54) is 30.6 Å². The van der Waals surface area contributed by atoms with Gasteiger partial charge in [-0.05, 0) is 13.0 Å². The fraction of sp³-hybridized carbons (Fsp3) is 0.750. The molecule has 0 aliphatic carbocycles. The van der Waals surface area contributed by atoms with E-state index in [4.69, 9.17) is 5.11 Å². The third-order valence-electron chi connectivity index (χ3n) is 2.61. The van der Waals surface area contributed by atoms with Gasteiger partial charge in [0, 0.05) is 24.2 Å². The summed E-state index contributed by atoms with van der Waals surface area (Å²) in [6.45, 7) is 5.25. The van der Waals surface area contributed by atoms with Crippen LogP contribution in [0, 0.1) is 0 Å². The summed E-state index contributed by atoms with van der Waals surface area (Å²) in [6.07, 6.45) is 7.03. The Morgan fingerprint density at radius 2 is 2.19 bits per heavy atom. The monoisotopic (exact) mass is 242 g/mol. The quantitative estimate of drug-likeness (QED) is 0.676. The van der Waals surface area contributed by atoms with Gasteiger partial charge in [-0.3, -0.25) is 9.88 Å². The van der Waals surface area contributed by atoms with Gasteiger partial charge in [0.15, 0.2) is 0 Å². The second-order valence-corrected chi connectivity index (χ2v) is 5.00. The molecule has 0 aliphatic heterocycles. The molecule has 0 atom stereocenters. The van der Waals surface area contributed by atoms with Crippen LogP contribution in [0.3, 0.4) is 0 Å². The van der Waals surface area contributed by atoms with Crippen molar-refractivity contribution in [3.63, 3.8) is 0 Å². The summed E-state index contributed by atoms with van der Waals surface area (Å²) in [6, 6.07) is 0. The minimum Gasteiger partial charge on any atom is -0.395 e. The molecule has 0 aromatic carbocycles. The molecule has 3 nitrogen and oxygen atoms in total. The fourth-order valence-corrected chi connectivity index (χ4v) is 2.35. The standard InChI is InChI=1S/C12H22N2OS/c1-2-3-4-5-6-14(7-8-15)10-12-9-13-11-16-12/h9,11,15H,2-8,10H2,1H3. The molecule has 0 amide bonds. The Morgan fingerprint density at radius 1 is 1.31 bits per heavy atom. The van der Waals surface area contributed by atoms with Gasteiger partial charge >= 0.3 is 0 Å². The van der Waals surface area contributed by atoms with Gasteiger partial charge in [0.1, 0.15) is 0 Å². The van der Waals surface area contributed by atoms with Gasteiger partial charge in [0.05, 0.1) is 12.1 Å². The van der Waals surface area contributed by atoms with Gasteiger partial charge in [-0.1, -0.05) is 26.2 Å². The highest BCUT2D eigenvalue weighted by Gasteiger charge is 2.05. The number of thiazole rings is 1. The average Bonchev–Trinajstić information content (AvgIpc) is 2.77. The lowest BCUT2D eigenvalue weighted by molar-refractivity contribution is 0.188. The third kappa shape index (κ3) is 5.58. The van der Waals surface area contributed by atoms with Crippen LogP contribution < -0.4 is 0 Å². The van der Waals surface area contributed by atoms with Crippen LogP contribution in [0.25, 0.3) is 0 Å². The molecule has 0 spiro atoms. The Labute approximate surface area is 102 Å². The van der Waals surface area contributed by atoms with Gasteiger partial charge < -0.3 is 5.11 Å². The molecular formula is C12H22N2OS. The van der Waals surface area contributed by atoms with Crippen molar-refractivity contribution in [2.45, 2.75) is 39.2 Å². The van der Waals surface area contributed by atoms with Crippen LogP contribution >= 0.6 is 11.3 Å². The first-order valence-electron chi connectivity index (χ1n) is 6.07. The molecule has 1 rings (SSSR count). The Bertz CT molecular complexity index is 252. The van der Waals surface area contributed by atoms with Gasteiger partial charge in [-0.15, -0.1) is 11.3 Å². The summed E-state index contributed by atoms with van der Waals surface area (Å²) in [5.41, 5.74) is 1.86. The zero-order valence-electron chi connectivity index (χ0n) is 10.1. The predicted octanol–water partition coefficient (Wildman–Crippen LogP) is 2.52. The van der Waals surface area contributed by atoms with E-state index in [0.29, 0.717) is 0 Å². The molecule has 16 heavy (non-hydrogen) atoms. The second kappa shape index (κ2) is 8.67. The first-order valence-corrected chi connectivity index (χ1v) is 6.95. The molecule has 0 saturated carbocycles. The Hall–Kier alpha value is -0.450. The minimum atomic E-state index is 0.243. The highest BCUT2D eigenvalue weighted by molar-refractivity contribution is 7.09. The van der Waals surface area contributed by atoms with E-state index in [2.05, 4.69) is 16.8 Å². The average molecular weight is 242 g/mol. The van der Waals surface area contributed by atoms with Crippen molar-refractivity contribution >= 4 is 11.3 Å². The molecule has 0 unspecified atom stereocenters. The molecule has 0 radical (unpaired) electrons. The number of aromatic nitrogens is 1. The lowest BCUT2D eigenvalue weighted by Gasteiger charge is -2.20. The fourth-order valence-electron chi connectivity index (χ4n) is 1.71. The predicted molar refractivity (Wildman–Crippen MR) is 68.6 cm³/mol. The summed E-state index contributed by atoms with van der Waals surface area (Å²) >= 11 is 1.69. The van der Waals surface area contributed by atoms with Crippen molar-refractivity contribution in [3.8, 4) is 0 Å². The summed E-state index contributed by atoms with van der Waals surface area (Å²) in [7, 11) is 0. The van der Waals surface area contributed by atoms with E-state index in [9.17, 15) is 0 Å². The summed E-state index contributed by atoms with van der Waals surface area (Å²) in [5, 5.41) is 9.01. The van der Waals surface area contributed by atoms with Crippen molar-refractivity contribution in [1.82, 2.24) is 9.88 Å². The summed E-state index contributed by atoms with van der Waals surface area (Å²) < 4.78 is 0. The first kappa shape index (κ1) is 13.6. The second-order valence-electron chi connectivity index (χ2n) is 4.03. The van der Waals surface area contributed by atoms with E-state index in [0.717, 1.165) is 19.6 Å². The van der Waals surface area contributed by atoms with Crippen LogP contribution in [0.5, 0.6) is 0 Å². The van der Waals surface area contributed by atoms with Crippen LogP contribution in [0.1, 0.15) is 37.5 Å². The van der Waals surface area contributed by atoms with Gasteiger partial charge in [0.25, 0.3) is 0 Å². The maximum absolute atomic E-state index is 9.01. The summed E-state index contributed by atoms with van der Waals surface area (Å²) in [5.74, 6) is 0. The van der Waals surface area contributed by atoms with Gasteiger partial charge in [-0.25, -0.2) is 0 Å². The van der Waals surface area contributed by atoms with Gasteiger partial charge in [0.2, 0.25) is 0 Å². The lowest BCUT2D eigenvalue weighted by atomic mass is 10.2. The highest BCUT2D eigenvalue weighted by atomic mass is 32.1. The molecule has 0 fully saturated rings. The molecule has 4 heteroatoms. The lowest BCUT2D eigenvalue weighted by Crippen LogP contribution is -2.27. The molecule has 1 aromatic rings. The van der Waals surface area contributed by atoms with Crippen LogP contribution in [-0.2, 0) is 6.54 Å². The molecule has 1 aromatic heterocycles. The number of nitrogens with zero attached hydrogens (tertiary/aromatic N) is 2.